The first-order chi connectivity index (χ1) is 8.08. The van der Waals surface area contributed by atoms with Gasteiger partial charge >= 0.3 is 5.97 Å². The number of carbonyl (C=O) groups excluding carboxylic acids is 1. The average molecular weight is 242 g/mol. The number of likely N-dealkylation sites (tertiary alicyclic amines) is 1. The van der Waals surface area contributed by atoms with Gasteiger partial charge in [-0.2, -0.15) is 0 Å². The lowest BCUT2D eigenvalue weighted by Crippen LogP contribution is -2.51. The van der Waals surface area contributed by atoms with E-state index in [0.29, 0.717) is 6.04 Å². The standard InChI is InChI=1S/C13H26N2O2/c1-5-15-8-6-11(7-9-15)14-12(10(2)3)13(16)17-4/h10-12,14H,5-9H2,1-4H3/t12-/m1/s1. The third kappa shape index (κ3) is 4.28. The summed E-state index contributed by atoms with van der Waals surface area (Å²) < 4.78 is 4.85. The maximum absolute atomic E-state index is 11.7. The molecule has 4 nitrogen and oxygen atoms in total. The van der Waals surface area contributed by atoms with E-state index in [0.717, 1.165) is 32.5 Å². The minimum absolute atomic E-state index is 0.141. The van der Waals surface area contributed by atoms with Gasteiger partial charge in [0.1, 0.15) is 6.04 Å². The summed E-state index contributed by atoms with van der Waals surface area (Å²) in [7, 11) is 1.46. The molecule has 1 aliphatic heterocycles. The molecular formula is C13H26N2O2. The molecule has 0 aromatic heterocycles. The van der Waals surface area contributed by atoms with Crippen LogP contribution in [0.15, 0.2) is 0 Å². The average Bonchev–Trinajstić information content (AvgIpc) is 2.35. The number of nitrogens with zero attached hydrogens (tertiary/aromatic N) is 1. The van der Waals surface area contributed by atoms with Crippen molar-refractivity contribution in [1.29, 1.82) is 0 Å². The van der Waals surface area contributed by atoms with Crippen molar-refractivity contribution in [3.05, 3.63) is 0 Å². The second-order valence-corrected chi connectivity index (χ2v) is 5.12. The molecule has 1 saturated heterocycles. The molecule has 0 aromatic rings. The van der Waals surface area contributed by atoms with Gasteiger partial charge in [0, 0.05) is 6.04 Å². The molecule has 1 atom stereocenters. The summed E-state index contributed by atoms with van der Waals surface area (Å²) in [5.74, 6) is 0.129. The van der Waals surface area contributed by atoms with Gasteiger partial charge in [-0.05, 0) is 38.4 Å². The highest BCUT2D eigenvalue weighted by molar-refractivity contribution is 5.75. The Balaban J connectivity index is 2.43. The molecule has 1 N–H and O–H groups in total. The van der Waals surface area contributed by atoms with Gasteiger partial charge in [0.05, 0.1) is 7.11 Å². The maximum Gasteiger partial charge on any atom is 0.323 e. The Labute approximate surface area is 105 Å². The smallest absolute Gasteiger partial charge is 0.323 e. The largest absolute Gasteiger partial charge is 0.468 e. The van der Waals surface area contributed by atoms with E-state index >= 15 is 0 Å². The summed E-state index contributed by atoms with van der Waals surface area (Å²) in [5.41, 5.74) is 0. The summed E-state index contributed by atoms with van der Waals surface area (Å²) in [5, 5.41) is 3.45. The molecule has 1 heterocycles. The van der Waals surface area contributed by atoms with Gasteiger partial charge in [-0.25, -0.2) is 0 Å². The van der Waals surface area contributed by atoms with Crippen LogP contribution in [0.3, 0.4) is 0 Å². The van der Waals surface area contributed by atoms with Crippen LogP contribution in [0.2, 0.25) is 0 Å². The zero-order valence-corrected chi connectivity index (χ0v) is 11.5. The van der Waals surface area contributed by atoms with Gasteiger partial charge in [-0.1, -0.05) is 20.8 Å². The summed E-state index contributed by atoms with van der Waals surface area (Å²) in [6, 6.07) is 0.280. The van der Waals surface area contributed by atoms with Crippen molar-refractivity contribution in [3.8, 4) is 0 Å². The van der Waals surface area contributed by atoms with Gasteiger partial charge in [-0.15, -0.1) is 0 Å². The molecule has 0 bridgehead atoms. The molecule has 1 rings (SSSR count). The van der Waals surface area contributed by atoms with E-state index in [-0.39, 0.29) is 17.9 Å². The summed E-state index contributed by atoms with van der Waals surface area (Å²) in [6.45, 7) is 9.67. The Kier molecular flexibility index (Phi) is 5.92. The molecule has 0 spiro atoms. The van der Waals surface area contributed by atoms with Crippen LogP contribution in [0.4, 0.5) is 0 Å². The number of nitrogens with one attached hydrogen (secondary N) is 1. The van der Waals surface area contributed by atoms with Gasteiger partial charge in [0.25, 0.3) is 0 Å². The first-order valence-corrected chi connectivity index (χ1v) is 6.64. The zero-order chi connectivity index (χ0) is 12.8. The Morgan fingerprint density at radius 2 is 2.00 bits per heavy atom. The van der Waals surface area contributed by atoms with Crippen molar-refractivity contribution in [2.75, 3.05) is 26.7 Å². The predicted octanol–water partition coefficient (Wildman–Crippen LogP) is 1.26. The Morgan fingerprint density at radius 3 is 2.41 bits per heavy atom. The van der Waals surface area contributed by atoms with E-state index in [9.17, 15) is 4.79 Å². The number of methoxy groups -OCH3 is 1. The van der Waals surface area contributed by atoms with Crippen LogP contribution in [-0.4, -0.2) is 49.7 Å². The van der Waals surface area contributed by atoms with Crippen LogP contribution in [0.5, 0.6) is 0 Å². The third-order valence-corrected chi connectivity index (χ3v) is 3.57. The monoisotopic (exact) mass is 242 g/mol. The minimum atomic E-state index is -0.168. The van der Waals surface area contributed by atoms with Gasteiger partial charge in [-0.3, -0.25) is 4.79 Å². The number of piperidine rings is 1. The summed E-state index contributed by atoms with van der Waals surface area (Å²) in [4.78, 5) is 14.1. The van der Waals surface area contributed by atoms with E-state index in [1.54, 1.807) is 0 Å². The van der Waals surface area contributed by atoms with E-state index in [1.165, 1.54) is 7.11 Å². The lowest BCUT2D eigenvalue weighted by Gasteiger charge is -2.34. The molecule has 0 amide bonds. The van der Waals surface area contributed by atoms with Crippen molar-refractivity contribution in [2.24, 2.45) is 5.92 Å². The fourth-order valence-corrected chi connectivity index (χ4v) is 2.33. The lowest BCUT2D eigenvalue weighted by atomic mass is 9.99. The van der Waals surface area contributed by atoms with Crippen molar-refractivity contribution in [3.63, 3.8) is 0 Å². The van der Waals surface area contributed by atoms with Gasteiger partial charge in [0.2, 0.25) is 0 Å². The van der Waals surface area contributed by atoms with E-state index in [2.05, 4.69) is 31.0 Å². The van der Waals surface area contributed by atoms with E-state index in [4.69, 9.17) is 4.74 Å². The molecule has 0 unspecified atom stereocenters. The number of hydrogen-bond acceptors (Lipinski definition) is 4. The SMILES string of the molecule is CCN1CCC(N[C@@H](C(=O)OC)C(C)C)CC1. The van der Waals surface area contributed by atoms with Crippen molar-refractivity contribution >= 4 is 5.97 Å². The zero-order valence-electron chi connectivity index (χ0n) is 11.5. The van der Waals surface area contributed by atoms with Crippen molar-refractivity contribution < 1.29 is 9.53 Å². The van der Waals surface area contributed by atoms with Crippen LogP contribution in [-0.2, 0) is 9.53 Å². The molecule has 0 aliphatic carbocycles. The molecule has 17 heavy (non-hydrogen) atoms. The van der Waals surface area contributed by atoms with Crippen LogP contribution >= 0.6 is 0 Å². The summed E-state index contributed by atoms with van der Waals surface area (Å²) in [6.07, 6.45) is 2.24. The quantitative estimate of drug-likeness (QED) is 0.737. The Hall–Kier alpha value is -0.610. The number of esters is 1. The number of ether oxygens (including phenoxy) is 1. The second-order valence-electron chi connectivity index (χ2n) is 5.12. The van der Waals surface area contributed by atoms with Crippen molar-refractivity contribution in [2.45, 2.75) is 45.7 Å². The number of carbonyl (C=O) groups is 1. The molecule has 1 aliphatic rings. The minimum Gasteiger partial charge on any atom is -0.468 e. The van der Waals surface area contributed by atoms with Crippen LogP contribution in [0.25, 0.3) is 0 Å². The highest BCUT2D eigenvalue weighted by Gasteiger charge is 2.27. The van der Waals surface area contributed by atoms with Crippen LogP contribution in [0, 0.1) is 5.92 Å². The normalized spacial score (nSPS) is 20.5. The first kappa shape index (κ1) is 14.5. The van der Waals surface area contributed by atoms with E-state index in [1.807, 2.05) is 0 Å². The summed E-state index contributed by atoms with van der Waals surface area (Å²) >= 11 is 0. The molecule has 0 saturated carbocycles. The fourth-order valence-electron chi connectivity index (χ4n) is 2.33. The van der Waals surface area contributed by atoms with Gasteiger partial charge < -0.3 is 15.0 Å². The lowest BCUT2D eigenvalue weighted by molar-refractivity contribution is -0.144. The Morgan fingerprint density at radius 1 is 1.41 bits per heavy atom. The first-order valence-electron chi connectivity index (χ1n) is 6.64. The van der Waals surface area contributed by atoms with E-state index < -0.39 is 0 Å². The molecule has 0 radical (unpaired) electrons. The highest BCUT2D eigenvalue weighted by atomic mass is 16.5. The van der Waals surface area contributed by atoms with Gasteiger partial charge in [0.15, 0.2) is 0 Å². The fraction of sp³-hybridized carbons (Fsp3) is 0.923. The molecule has 100 valence electrons. The van der Waals surface area contributed by atoms with Crippen LogP contribution < -0.4 is 5.32 Å². The second kappa shape index (κ2) is 6.97. The molecular weight excluding hydrogens is 216 g/mol. The topological polar surface area (TPSA) is 41.6 Å². The molecule has 4 heteroatoms. The third-order valence-electron chi connectivity index (χ3n) is 3.57. The van der Waals surface area contributed by atoms with Crippen LogP contribution in [0.1, 0.15) is 33.6 Å². The molecule has 1 fully saturated rings. The molecule has 0 aromatic carbocycles. The number of rotatable bonds is 5. The predicted molar refractivity (Wildman–Crippen MR) is 68.9 cm³/mol. The highest BCUT2D eigenvalue weighted by Crippen LogP contribution is 2.13. The maximum atomic E-state index is 11.7. The number of hydrogen-bond donors (Lipinski definition) is 1. The van der Waals surface area contributed by atoms with Crippen molar-refractivity contribution in [1.82, 2.24) is 10.2 Å². The Bertz CT molecular complexity index is 236.